The Labute approximate surface area is 232 Å². The van der Waals surface area contributed by atoms with Crippen LogP contribution in [0.3, 0.4) is 0 Å². The lowest BCUT2D eigenvalue weighted by molar-refractivity contribution is 0.912. The Bertz CT molecular complexity index is 1720. The molecule has 0 aliphatic heterocycles. The number of hydrogen-bond acceptors (Lipinski definition) is 6. The van der Waals surface area contributed by atoms with Crippen LogP contribution in [0.4, 0.5) is 0 Å². The highest BCUT2D eigenvalue weighted by Crippen LogP contribution is 2.29. The van der Waals surface area contributed by atoms with Gasteiger partial charge in [-0.05, 0) is 72.5 Å². The largest absolute Gasteiger partial charge is 0.255 e. The molecule has 1 aliphatic carbocycles. The van der Waals surface area contributed by atoms with Crippen LogP contribution >= 0.6 is 0 Å². The average Bonchev–Trinajstić information content (AvgIpc) is 3.06. The second-order valence-corrected chi connectivity index (χ2v) is 9.17. The van der Waals surface area contributed by atoms with Crippen molar-refractivity contribution in [3.8, 4) is 22.8 Å². The maximum Gasteiger partial charge on any atom is 0.0964 e. The standard InChI is InChI=1S/C12H10N2.C12H8N2.C10H8N2/c2*1-3-9-5-6-10-4-2-8-14-12(10)11(9)13-7-1;1-3-7-11-9(5-1)10-6-2-4-8-12-10/h1-4,7-8H,5-6H2;1-8H;1-8H. The van der Waals surface area contributed by atoms with E-state index in [0.717, 1.165) is 57.4 Å². The van der Waals surface area contributed by atoms with Crippen molar-refractivity contribution in [1.82, 2.24) is 29.9 Å². The summed E-state index contributed by atoms with van der Waals surface area (Å²) in [5, 5.41) is 2.28. The molecule has 0 amide bonds. The fourth-order valence-electron chi connectivity index (χ4n) is 4.68. The minimum atomic E-state index is 0.915. The van der Waals surface area contributed by atoms with Gasteiger partial charge in [-0.3, -0.25) is 29.9 Å². The Morgan fingerprint density at radius 2 is 0.775 bits per heavy atom. The molecule has 1 aliphatic rings. The van der Waals surface area contributed by atoms with Crippen LogP contribution in [0.2, 0.25) is 0 Å². The van der Waals surface area contributed by atoms with E-state index in [1.165, 1.54) is 11.1 Å². The Balaban J connectivity index is 0.000000109. The Morgan fingerprint density at radius 1 is 0.350 bits per heavy atom. The van der Waals surface area contributed by atoms with Crippen molar-refractivity contribution in [2.24, 2.45) is 0 Å². The van der Waals surface area contributed by atoms with Gasteiger partial charge in [-0.25, -0.2) is 0 Å². The minimum absolute atomic E-state index is 0.915. The van der Waals surface area contributed by atoms with E-state index in [1.807, 2.05) is 73.1 Å². The number of fused-ring (bicyclic) bond motifs is 6. The fourth-order valence-corrected chi connectivity index (χ4v) is 4.68. The molecule has 0 fully saturated rings. The monoisotopic (exact) mass is 518 g/mol. The summed E-state index contributed by atoms with van der Waals surface area (Å²) < 4.78 is 0. The maximum atomic E-state index is 4.40. The molecule has 0 radical (unpaired) electrons. The third kappa shape index (κ3) is 5.56. The lowest BCUT2D eigenvalue weighted by Crippen LogP contribution is -2.06. The lowest BCUT2D eigenvalue weighted by Gasteiger charge is -2.16. The first-order valence-electron chi connectivity index (χ1n) is 13.2. The quantitative estimate of drug-likeness (QED) is 0.214. The van der Waals surface area contributed by atoms with Crippen molar-refractivity contribution in [2.45, 2.75) is 12.8 Å². The summed E-state index contributed by atoms with van der Waals surface area (Å²) in [7, 11) is 0. The first-order chi connectivity index (χ1) is 19.9. The second-order valence-electron chi connectivity index (χ2n) is 9.17. The predicted octanol–water partition coefficient (Wildman–Crippen LogP) is 7.17. The van der Waals surface area contributed by atoms with E-state index < -0.39 is 0 Å². The van der Waals surface area contributed by atoms with Crippen molar-refractivity contribution in [2.75, 3.05) is 0 Å². The Hall–Kier alpha value is -5.36. The van der Waals surface area contributed by atoms with Crippen molar-refractivity contribution >= 4 is 21.8 Å². The summed E-state index contributed by atoms with van der Waals surface area (Å²) >= 11 is 0. The SMILES string of the molecule is c1ccc(-c2ccccn2)nc1.c1cnc2c(c1)CCc1cccnc1-2.c1cnc2c(c1)ccc1cccnc12. The molecule has 0 N–H and O–H groups in total. The third-order valence-corrected chi connectivity index (χ3v) is 6.61. The molecule has 6 heteroatoms. The summed E-state index contributed by atoms with van der Waals surface area (Å²) in [4.78, 5) is 25.9. The van der Waals surface area contributed by atoms with Gasteiger partial charge in [-0.2, -0.15) is 0 Å². The van der Waals surface area contributed by atoms with Gasteiger partial charge in [0.2, 0.25) is 0 Å². The maximum absolute atomic E-state index is 4.40. The van der Waals surface area contributed by atoms with Crippen molar-refractivity contribution in [1.29, 1.82) is 0 Å². The van der Waals surface area contributed by atoms with Gasteiger partial charge in [-0.1, -0.05) is 48.5 Å². The van der Waals surface area contributed by atoms with Crippen LogP contribution in [0, 0.1) is 0 Å². The van der Waals surface area contributed by atoms with E-state index in [2.05, 4.69) is 66.3 Å². The van der Waals surface area contributed by atoms with E-state index in [4.69, 9.17) is 0 Å². The van der Waals surface area contributed by atoms with Gasteiger partial charge in [-0.15, -0.1) is 0 Å². The Kier molecular flexibility index (Phi) is 7.49. The highest BCUT2D eigenvalue weighted by atomic mass is 14.8. The number of pyridine rings is 6. The first kappa shape index (κ1) is 24.9. The molecule has 0 spiro atoms. The van der Waals surface area contributed by atoms with Gasteiger partial charge in [0.1, 0.15) is 0 Å². The Morgan fingerprint density at radius 3 is 1.23 bits per heavy atom. The molecule has 0 bridgehead atoms. The van der Waals surface area contributed by atoms with E-state index in [9.17, 15) is 0 Å². The van der Waals surface area contributed by atoms with Crippen molar-refractivity contribution in [3.63, 3.8) is 0 Å². The smallest absolute Gasteiger partial charge is 0.0964 e. The third-order valence-electron chi connectivity index (χ3n) is 6.61. The molecule has 6 heterocycles. The van der Waals surface area contributed by atoms with Crippen molar-refractivity contribution < 1.29 is 0 Å². The molecule has 0 unspecified atom stereocenters. The minimum Gasteiger partial charge on any atom is -0.255 e. The number of aromatic nitrogens is 6. The van der Waals surface area contributed by atoms with Crippen molar-refractivity contribution in [3.05, 3.63) is 145 Å². The number of nitrogens with zero attached hydrogens (tertiary/aromatic N) is 6. The lowest BCUT2D eigenvalue weighted by atomic mass is 9.93. The van der Waals surface area contributed by atoms with Crippen LogP contribution < -0.4 is 0 Å². The molecule has 0 atom stereocenters. The average molecular weight is 519 g/mol. The number of hydrogen-bond donors (Lipinski definition) is 0. The van der Waals surface area contributed by atoms with E-state index >= 15 is 0 Å². The van der Waals surface area contributed by atoms with Gasteiger partial charge in [0, 0.05) is 48.0 Å². The zero-order chi connectivity index (χ0) is 27.0. The molecule has 6 nitrogen and oxygen atoms in total. The number of benzene rings is 1. The predicted molar refractivity (Wildman–Crippen MR) is 159 cm³/mol. The molecule has 0 saturated heterocycles. The van der Waals surface area contributed by atoms with Gasteiger partial charge in [0.15, 0.2) is 0 Å². The summed E-state index contributed by atoms with van der Waals surface area (Å²) in [5.41, 5.74) is 8.55. The highest BCUT2D eigenvalue weighted by Gasteiger charge is 2.16. The first-order valence-corrected chi connectivity index (χ1v) is 13.2. The summed E-state index contributed by atoms with van der Waals surface area (Å²) in [6.45, 7) is 0. The zero-order valence-electron chi connectivity index (χ0n) is 21.8. The second kappa shape index (κ2) is 12.0. The van der Waals surface area contributed by atoms with E-state index in [1.54, 1.807) is 24.8 Å². The van der Waals surface area contributed by atoms with Crippen LogP contribution in [0.1, 0.15) is 11.1 Å². The zero-order valence-corrected chi connectivity index (χ0v) is 21.8. The van der Waals surface area contributed by atoms with Gasteiger partial charge in [0.05, 0.1) is 33.8 Å². The molecular weight excluding hydrogens is 492 g/mol. The highest BCUT2D eigenvalue weighted by molar-refractivity contribution is 6.02. The van der Waals surface area contributed by atoms with Crippen LogP contribution in [0.25, 0.3) is 44.6 Å². The molecule has 0 saturated carbocycles. The molecular formula is C34H26N6. The molecule has 1 aromatic carbocycles. The number of aryl methyl sites for hydroxylation is 2. The van der Waals surface area contributed by atoms with Gasteiger partial charge in [0.25, 0.3) is 0 Å². The van der Waals surface area contributed by atoms with E-state index in [-0.39, 0.29) is 0 Å². The molecule has 192 valence electrons. The summed E-state index contributed by atoms with van der Waals surface area (Å²) in [6.07, 6.45) is 13.0. The molecule has 6 aromatic heterocycles. The van der Waals surface area contributed by atoms with Crippen LogP contribution in [-0.4, -0.2) is 29.9 Å². The van der Waals surface area contributed by atoms with Crippen LogP contribution in [0.5, 0.6) is 0 Å². The molecule has 40 heavy (non-hydrogen) atoms. The van der Waals surface area contributed by atoms with Gasteiger partial charge >= 0.3 is 0 Å². The number of rotatable bonds is 1. The molecule has 8 rings (SSSR count). The van der Waals surface area contributed by atoms with Gasteiger partial charge < -0.3 is 0 Å². The van der Waals surface area contributed by atoms with E-state index in [0.29, 0.717) is 0 Å². The fraction of sp³-hybridized carbons (Fsp3) is 0.0588. The summed E-state index contributed by atoms with van der Waals surface area (Å²) in [5.74, 6) is 0. The van der Waals surface area contributed by atoms with Crippen LogP contribution in [0.15, 0.2) is 134 Å². The van der Waals surface area contributed by atoms with Crippen LogP contribution in [-0.2, 0) is 12.8 Å². The normalized spacial score (nSPS) is 11.3. The molecule has 7 aromatic rings. The topological polar surface area (TPSA) is 77.3 Å². The summed E-state index contributed by atoms with van der Waals surface area (Å²) in [6, 6.07) is 32.0.